The predicted molar refractivity (Wildman–Crippen MR) is 103 cm³/mol. The summed E-state index contributed by atoms with van der Waals surface area (Å²) in [5.41, 5.74) is 5.68. The summed E-state index contributed by atoms with van der Waals surface area (Å²) in [6.07, 6.45) is 4.31. The lowest BCUT2D eigenvalue weighted by molar-refractivity contribution is 0.115. The van der Waals surface area contributed by atoms with Crippen LogP contribution in [0.4, 0.5) is 4.79 Å². The molecule has 2 atom stereocenters. The van der Waals surface area contributed by atoms with Crippen LogP contribution in [-0.2, 0) is 4.74 Å². The Hall–Kier alpha value is -2.56. The Kier molecular flexibility index (Phi) is 5.16. The van der Waals surface area contributed by atoms with Gasteiger partial charge in [-0.25, -0.2) is 9.48 Å². The minimum Gasteiger partial charge on any atom is -0.442 e. The number of hydrogen-bond acceptors (Lipinski definition) is 3. The summed E-state index contributed by atoms with van der Waals surface area (Å²) in [4.78, 5) is 11.8. The van der Waals surface area contributed by atoms with Gasteiger partial charge >= 0.3 is 6.09 Å². The fourth-order valence-corrected chi connectivity index (χ4v) is 3.60. The van der Waals surface area contributed by atoms with E-state index in [4.69, 9.17) is 9.84 Å². The Balaban J connectivity index is 1.78. The Labute approximate surface area is 155 Å². The minimum absolute atomic E-state index is 0.0699. The second-order valence-corrected chi connectivity index (χ2v) is 7.25. The molecule has 0 saturated carbocycles. The van der Waals surface area contributed by atoms with E-state index in [1.54, 1.807) is 0 Å². The summed E-state index contributed by atoms with van der Waals surface area (Å²) in [7, 11) is 0. The predicted octanol–water partition coefficient (Wildman–Crippen LogP) is 4.34. The molecule has 0 fully saturated rings. The summed E-state index contributed by atoms with van der Waals surface area (Å²) >= 11 is 0. The third-order valence-electron chi connectivity index (χ3n) is 4.77. The van der Waals surface area contributed by atoms with Crippen LogP contribution >= 0.6 is 0 Å². The summed E-state index contributed by atoms with van der Waals surface area (Å²) < 4.78 is 7.52. The average molecular weight is 353 g/mol. The van der Waals surface area contributed by atoms with E-state index in [1.807, 2.05) is 43.7 Å². The van der Waals surface area contributed by atoms with E-state index in [2.05, 4.69) is 37.4 Å². The number of aromatic nitrogens is 2. The van der Waals surface area contributed by atoms with Gasteiger partial charge in [0, 0.05) is 23.2 Å². The average Bonchev–Trinajstić information content (AvgIpc) is 3.11. The Bertz CT molecular complexity index is 836. The van der Waals surface area contributed by atoms with Gasteiger partial charge < -0.3 is 10.1 Å². The lowest BCUT2D eigenvalue weighted by Crippen LogP contribution is -2.33. The van der Waals surface area contributed by atoms with Gasteiger partial charge in [-0.15, -0.1) is 0 Å². The Morgan fingerprint density at radius 1 is 1.23 bits per heavy atom. The number of carbonyl (C=O) groups is 1. The van der Waals surface area contributed by atoms with Crippen molar-refractivity contribution >= 4 is 6.09 Å². The van der Waals surface area contributed by atoms with Crippen LogP contribution in [-0.4, -0.2) is 28.0 Å². The molecule has 3 rings (SSSR count). The molecular weight excluding hydrogens is 326 g/mol. The van der Waals surface area contributed by atoms with Crippen LogP contribution in [0.1, 0.15) is 48.7 Å². The second-order valence-electron chi connectivity index (χ2n) is 7.25. The van der Waals surface area contributed by atoms with Crippen molar-refractivity contribution in [2.45, 2.75) is 59.1 Å². The fraction of sp³-hybridized carbons (Fsp3) is 0.429. The maximum absolute atomic E-state index is 11.8. The van der Waals surface area contributed by atoms with Crippen molar-refractivity contribution in [2.24, 2.45) is 0 Å². The van der Waals surface area contributed by atoms with Crippen molar-refractivity contribution in [2.75, 3.05) is 0 Å². The zero-order valence-corrected chi connectivity index (χ0v) is 16.1. The number of nitrogens with zero attached hydrogens (tertiary/aromatic N) is 2. The van der Waals surface area contributed by atoms with E-state index in [1.165, 1.54) is 11.1 Å². The maximum atomic E-state index is 11.8. The van der Waals surface area contributed by atoms with Crippen molar-refractivity contribution in [3.63, 3.8) is 0 Å². The zero-order chi connectivity index (χ0) is 18.8. The number of nitrogens with one attached hydrogen (secondary N) is 1. The molecule has 0 bridgehead atoms. The molecule has 1 amide bonds. The topological polar surface area (TPSA) is 56.2 Å². The van der Waals surface area contributed by atoms with Crippen molar-refractivity contribution in [3.8, 4) is 5.69 Å². The van der Waals surface area contributed by atoms with Crippen molar-refractivity contribution in [1.29, 1.82) is 0 Å². The van der Waals surface area contributed by atoms with E-state index in [0.717, 1.165) is 23.5 Å². The minimum atomic E-state index is -0.362. The largest absolute Gasteiger partial charge is 0.442 e. The number of carbonyl (C=O) groups excluding carboxylic acids is 1. The number of allylic oxidation sites excluding steroid dienone is 1. The molecule has 1 aromatic heterocycles. The number of hydrogen-bond donors (Lipinski definition) is 1. The van der Waals surface area contributed by atoms with Crippen molar-refractivity contribution in [3.05, 3.63) is 58.9 Å². The summed E-state index contributed by atoms with van der Waals surface area (Å²) in [6.45, 7) is 10.1. The second kappa shape index (κ2) is 7.36. The highest BCUT2D eigenvalue weighted by atomic mass is 16.6. The summed E-state index contributed by atoms with van der Waals surface area (Å²) in [5, 5.41) is 7.54. The lowest BCUT2D eigenvalue weighted by Gasteiger charge is -2.16. The molecule has 0 spiro atoms. The fourth-order valence-electron chi connectivity index (χ4n) is 3.60. The summed E-state index contributed by atoms with van der Waals surface area (Å²) in [5.74, 6) is 0.213. The van der Waals surface area contributed by atoms with E-state index >= 15 is 0 Å². The van der Waals surface area contributed by atoms with Gasteiger partial charge in [0.15, 0.2) is 0 Å². The first-order chi connectivity index (χ1) is 12.4. The molecule has 5 nitrogen and oxygen atoms in total. The first-order valence-corrected chi connectivity index (χ1v) is 9.14. The van der Waals surface area contributed by atoms with Crippen molar-refractivity contribution < 1.29 is 9.53 Å². The number of aryl methyl sites for hydroxylation is 2. The monoisotopic (exact) mass is 353 g/mol. The number of ether oxygens (including phenoxy) is 1. The third-order valence-corrected chi connectivity index (χ3v) is 4.77. The lowest BCUT2D eigenvalue weighted by atomic mass is 9.96. The van der Waals surface area contributed by atoms with Crippen LogP contribution in [0, 0.1) is 20.8 Å². The molecule has 0 radical (unpaired) electrons. The molecule has 1 aromatic carbocycles. The highest BCUT2D eigenvalue weighted by Crippen LogP contribution is 2.35. The van der Waals surface area contributed by atoms with Crippen LogP contribution < -0.4 is 5.32 Å². The van der Waals surface area contributed by atoms with Crippen LogP contribution in [0.25, 0.3) is 5.69 Å². The van der Waals surface area contributed by atoms with Gasteiger partial charge in [-0.05, 0) is 58.7 Å². The number of benzene rings is 1. The molecule has 1 aliphatic carbocycles. The number of para-hydroxylation sites is 1. The van der Waals surface area contributed by atoms with Crippen LogP contribution in [0.5, 0.6) is 0 Å². The molecular formula is C21H27N3O2. The van der Waals surface area contributed by atoms with E-state index in [-0.39, 0.29) is 24.2 Å². The maximum Gasteiger partial charge on any atom is 0.407 e. The van der Waals surface area contributed by atoms with Gasteiger partial charge in [0.25, 0.3) is 0 Å². The first kappa shape index (κ1) is 18.2. The van der Waals surface area contributed by atoms with Crippen molar-refractivity contribution in [1.82, 2.24) is 15.1 Å². The van der Waals surface area contributed by atoms with Gasteiger partial charge in [0.05, 0.1) is 11.4 Å². The Morgan fingerprint density at radius 3 is 2.65 bits per heavy atom. The van der Waals surface area contributed by atoms with Crippen LogP contribution in [0.3, 0.4) is 0 Å². The normalized spacial score (nSPS) is 19.2. The first-order valence-electron chi connectivity index (χ1n) is 9.14. The third kappa shape index (κ3) is 3.66. The SMILES string of the molecule is Cc1ccccc1-n1nc(C)c([C@H]2C=C[C@@H](OC(=O)NC(C)C)C2)c1C. The van der Waals surface area contributed by atoms with E-state index in [0.29, 0.717) is 0 Å². The van der Waals surface area contributed by atoms with Gasteiger partial charge in [-0.3, -0.25) is 0 Å². The zero-order valence-electron chi connectivity index (χ0n) is 16.1. The van der Waals surface area contributed by atoms with Gasteiger partial charge in [-0.2, -0.15) is 5.10 Å². The van der Waals surface area contributed by atoms with Gasteiger partial charge in [0.2, 0.25) is 0 Å². The molecule has 1 N–H and O–H groups in total. The molecule has 1 heterocycles. The molecule has 138 valence electrons. The molecule has 0 unspecified atom stereocenters. The quantitative estimate of drug-likeness (QED) is 0.832. The Morgan fingerprint density at radius 2 is 1.96 bits per heavy atom. The molecule has 0 aliphatic heterocycles. The van der Waals surface area contributed by atoms with Crippen LogP contribution in [0.15, 0.2) is 36.4 Å². The van der Waals surface area contributed by atoms with E-state index in [9.17, 15) is 4.79 Å². The number of rotatable bonds is 4. The van der Waals surface area contributed by atoms with Gasteiger partial charge in [0.1, 0.15) is 6.10 Å². The molecule has 2 aromatic rings. The molecule has 1 aliphatic rings. The molecule has 5 heteroatoms. The smallest absolute Gasteiger partial charge is 0.407 e. The van der Waals surface area contributed by atoms with Gasteiger partial charge in [-0.1, -0.05) is 24.3 Å². The standard InChI is InChI=1S/C21H27N3O2/c1-13(2)22-21(25)26-18-11-10-17(12-18)20-15(4)23-24(16(20)5)19-9-7-6-8-14(19)3/h6-11,13,17-18H,12H2,1-5H3,(H,22,25)/t17-,18+/m0/s1. The van der Waals surface area contributed by atoms with Crippen LogP contribution in [0.2, 0.25) is 0 Å². The molecule has 26 heavy (non-hydrogen) atoms. The van der Waals surface area contributed by atoms with E-state index < -0.39 is 0 Å². The highest BCUT2D eigenvalue weighted by Gasteiger charge is 2.28. The molecule has 0 saturated heterocycles. The number of amides is 1. The highest BCUT2D eigenvalue weighted by molar-refractivity contribution is 5.68. The number of alkyl carbamates (subject to hydrolysis) is 1. The summed E-state index contributed by atoms with van der Waals surface area (Å²) in [6, 6.07) is 8.32.